The van der Waals surface area contributed by atoms with Crippen LogP contribution in [0.25, 0.3) is 0 Å². The molecule has 14 heavy (non-hydrogen) atoms. The van der Waals surface area contributed by atoms with Crippen LogP contribution in [0.1, 0.15) is 45.4 Å². The summed E-state index contributed by atoms with van der Waals surface area (Å²) in [5.41, 5.74) is 0. The number of thioether (sulfide) groups is 1. The van der Waals surface area contributed by atoms with Crippen molar-refractivity contribution in [2.75, 3.05) is 12.3 Å². The number of hydrogen-bond acceptors (Lipinski definition) is 2. The van der Waals surface area contributed by atoms with Gasteiger partial charge in [0.05, 0.1) is 0 Å². The summed E-state index contributed by atoms with van der Waals surface area (Å²) >= 11 is 2.22. The number of hydrogen-bond donors (Lipinski definition) is 1. The Hall–Kier alpha value is 0.310. The van der Waals surface area contributed by atoms with E-state index in [0.29, 0.717) is 0 Å². The quantitative estimate of drug-likeness (QED) is 0.728. The van der Waals surface area contributed by atoms with Crippen LogP contribution < -0.4 is 5.32 Å². The predicted molar refractivity (Wildman–Crippen MR) is 64.9 cm³/mol. The van der Waals surface area contributed by atoms with Gasteiger partial charge in [-0.3, -0.25) is 0 Å². The highest BCUT2D eigenvalue weighted by molar-refractivity contribution is 7.99. The lowest BCUT2D eigenvalue weighted by atomic mass is 10.2. The Bertz CT molecular complexity index is 162. The molecule has 0 saturated heterocycles. The van der Waals surface area contributed by atoms with Gasteiger partial charge in [-0.25, -0.2) is 0 Å². The molecule has 2 rings (SSSR count). The van der Waals surface area contributed by atoms with Crippen LogP contribution >= 0.6 is 11.8 Å². The molecule has 2 fully saturated rings. The summed E-state index contributed by atoms with van der Waals surface area (Å²) in [4.78, 5) is 0. The van der Waals surface area contributed by atoms with Crippen LogP contribution in [-0.4, -0.2) is 23.6 Å². The normalized spacial score (nSPS) is 25.5. The smallest absolute Gasteiger partial charge is 0.00683 e. The predicted octanol–water partition coefficient (Wildman–Crippen LogP) is 3.05. The minimum atomic E-state index is 0.862. The molecule has 1 nitrogen and oxygen atoms in total. The van der Waals surface area contributed by atoms with Crippen molar-refractivity contribution in [2.45, 2.75) is 56.7 Å². The van der Waals surface area contributed by atoms with Gasteiger partial charge in [0.15, 0.2) is 0 Å². The van der Waals surface area contributed by atoms with E-state index in [0.717, 1.165) is 17.2 Å². The lowest BCUT2D eigenvalue weighted by molar-refractivity contribution is 0.556. The zero-order valence-corrected chi connectivity index (χ0v) is 10.1. The van der Waals surface area contributed by atoms with Gasteiger partial charge in [-0.2, -0.15) is 11.8 Å². The first-order valence-electron chi connectivity index (χ1n) is 6.19. The van der Waals surface area contributed by atoms with Crippen LogP contribution in [0.4, 0.5) is 0 Å². The lowest BCUT2D eigenvalue weighted by Crippen LogP contribution is -2.24. The summed E-state index contributed by atoms with van der Waals surface area (Å²) in [5, 5.41) is 4.62. The Morgan fingerprint density at radius 3 is 2.57 bits per heavy atom. The van der Waals surface area contributed by atoms with Crippen LogP contribution in [0.5, 0.6) is 0 Å². The minimum absolute atomic E-state index is 0.862. The molecule has 1 N–H and O–H groups in total. The van der Waals surface area contributed by atoms with Crippen molar-refractivity contribution in [1.82, 2.24) is 5.32 Å². The standard InChI is InChI=1S/C12H23NS/c1-10(8-13-11-6-7-11)9-14-12-4-2-3-5-12/h10-13H,2-9H2,1H3. The third kappa shape index (κ3) is 3.82. The van der Waals surface area contributed by atoms with E-state index in [1.165, 1.54) is 50.8 Å². The van der Waals surface area contributed by atoms with E-state index in [2.05, 4.69) is 24.0 Å². The highest BCUT2D eigenvalue weighted by Gasteiger charge is 2.21. The largest absolute Gasteiger partial charge is 0.314 e. The first-order chi connectivity index (χ1) is 6.84. The molecule has 0 aliphatic heterocycles. The van der Waals surface area contributed by atoms with Gasteiger partial charge in [-0.05, 0) is 43.9 Å². The highest BCUT2D eigenvalue weighted by atomic mass is 32.2. The maximum Gasteiger partial charge on any atom is 0.00683 e. The topological polar surface area (TPSA) is 12.0 Å². The van der Waals surface area contributed by atoms with Gasteiger partial charge in [0.2, 0.25) is 0 Å². The Kier molecular flexibility index (Phi) is 4.18. The van der Waals surface area contributed by atoms with Gasteiger partial charge in [0.1, 0.15) is 0 Å². The van der Waals surface area contributed by atoms with Crippen LogP contribution in [-0.2, 0) is 0 Å². The van der Waals surface area contributed by atoms with Crippen molar-refractivity contribution >= 4 is 11.8 Å². The maximum atomic E-state index is 3.62. The zero-order chi connectivity index (χ0) is 9.80. The SMILES string of the molecule is CC(CNC1CC1)CSC1CCCC1. The van der Waals surface area contributed by atoms with E-state index in [1.807, 2.05) is 0 Å². The van der Waals surface area contributed by atoms with Crippen molar-refractivity contribution < 1.29 is 0 Å². The molecule has 0 amide bonds. The number of rotatable bonds is 6. The van der Waals surface area contributed by atoms with Gasteiger partial charge < -0.3 is 5.32 Å². The molecule has 2 aliphatic rings. The second kappa shape index (κ2) is 5.41. The molecule has 0 bridgehead atoms. The Morgan fingerprint density at radius 2 is 1.93 bits per heavy atom. The highest BCUT2D eigenvalue weighted by Crippen LogP contribution is 2.30. The first-order valence-corrected chi connectivity index (χ1v) is 7.24. The van der Waals surface area contributed by atoms with Crippen molar-refractivity contribution in [1.29, 1.82) is 0 Å². The fourth-order valence-corrected chi connectivity index (χ4v) is 3.45. The average molecular weight is 213 g/mol. The van der Waals surface area contributed by atoms with Crippen LogP contribution in [0.3, 0.4) is 0 Å². The monoisotopic (exact) mass is 213 g/mol. The molecule has 82 valence electrons. The maximum absolute atomic E-state index is 3.62. The van der Waals surface area contributed by atoms with Gasteiger partial charge >= 0.3 is 0 Å². The molecule has 0 aromatic rings. The van der Waals surface area contributed by atoms with Crippen molar-refractivity contribution in [2.24, 2.45) is 5.92 Å². The molecule has 0 heterocycles. The summed E-state index contributed by atoms with van der Waals surface area (Å²) in [7, 11) is 0. The Labute approximate surface area is 92.4 Å². The number of nitrogens with one attached hydrogen (secondary N) is 1. The fourth-order valence-electron chi connectivity index (χ4n) is 2.07. The van der Waals surface area contributed by atoms with E-state index < -0.39 is 0 Å². The van der Waals surface area contributed by atoms with E-state index in [4.69, 9.17) is 0 Å². The Morgan fingerprint density at radius 1 is 1.21 bits per heavy atom. The molecule has 2 saturated carbocycles. The second-order valence-corrected chi connectivity index (χ2v) is 6.36. The van der Waals surface area contributed by atoms with E-state index in [1.54, 1.807) is 0 Å². The third-order valence-electron chi connectivity index (χ3n) is 3.25. The summed E-state index contributed by atoms with van der Waals surface area (Å²) < 4.78 is 0. The molecule has 0 aromatic heterocycles. The van der Waals surface area contributed by atoms with Crippen LogP contribution in [0, 0.1) is 5.92 Å². The van der Waals surface area contributed by atoms with Gasteiger partial charge in [0, 0.05) is 11.3 Å². The molecular formula is C12H23NS. The van der Waals surface area contributed by atoms with Gasteiger partial charge in [-0.1, -0.05) is 19.8 Å². The fraction of sp³-hybridized carbons (Fsp3) is 1.00. The molecule has 1 unspecified atom stereocenters. The van der Waals surface area contributed by atoms with Gasteiger partial charge in [-0.15, -0.1) is 0 Å². The van der Waals surface area contributed by atoms with E-state index in [9.17, 15) is 0 Å². The van der Waals surface area contributed by atoms with Crippen LogP contribution in [0.2, 0.25) is 0 Å². The molecule has 2 aliphatic carbocycles. The van der Waals surface area contributed by atoms with E-state index in [-0.39, 0.29) is 0 Å². The second-order valence-electron chi connectivity index (χ2n) is 5.03. The summed E-state index contributed by atoms with van der Waals surface area (Å²) in [6.45, 7) is 3.63. The lowest BCUT2D eigenvalue weighted by Gasteiger charge is -2.14. The third-order valence-corrected chi connectivity index (χ3v) is 4.96. The minimum Gasteiger partial charge on any atom is -0.314 e. The molecule has 2 heteroatoms. The van der Waals surface area contributed by atoms with Gasteiger partial charge in [0.25, 0.3) is 0 Å². The molecule has 0 aromatic carbocycles. The first kappa shape index (κ1) is 10.8. The van der Waals surface area contributed by atoms with Crippen LogP contribution in [0.15, 0.2) is 0 Å². The molecular weight excluding hydrogens is 190 g/mol. The van der Waals surface area contributed by atoms with E-state index >= 15 is 0 Å². The summed E-state index contributed by atoms with van der Waals surface area (Å²) in [6, 6.07) is 0.883. The molecule has 0 spiro atoms. The molecule has 1 atom stereocenters. The summed E-state index contributed by atoms with van der Waals surface area (Å²) in [6.07, 6.45) is 8.75. The van der Waals surface area contributed by atoms with Crippen molar-refractivity contribution in [3.63, 3.8) is 0 Å². The summed E-state index contributed by atoms with van der Waals surface area (Å²) in [5.74, 6) is 2.23. The Balaban J connectivity index is 1.50. The van der Waals surface area contributed by atoms with Crippen molar-refractivity contribution in [3.8, 4) is 0 Å². The molecule has 0 radical (unpaired) electrons. The average Bonchev–Trinajstić information content (AvgIpc) is 2.87. The zero-order valence-electron chi connectivity index (χ0n) is 9.30. The van der Waals surface area contributed by atoms with Crippen molar-refractivity contribution in [3.05, 3.63) is 0 Å².